The predicted molar refractivity (Wildman–Crippen MR) is 103 cm³/mol. The molecular formula is C20H21F3N4O5. The molecular weight excluding hydrogens is 433 g/mol. The molecule has 1 aliphatic heterocycles. The maximum atomic E-state index is 12.5. The van der Waals surface area contributed by atoms with Crippen LogP contribution in [0, 0.1) is 11.3 Å². The summed E-state index contributed by atoms with van der Waals surface area (Å²) < 4.78 is 44.8. The van der Waals surface area contributed by atoms with E-state index >= 15 is 0 Å². The van der Waals surface area contributed by atoms with E-state index in [0.29, 0.717) is 44.1 Å². The first-order chi connectivity index (χ1) is 15.1. The molecule has 1 aliphatic rings. The maximum Gasteiger partial charge on any atom is 0.490 e. The summed E-state index contributed by atoms with van der Waals surface area (Å²) in [6.45, 7) is 2.07. The van der Waals surface area contributed by atoms with Gasteiger partial charge in [0.25, 0.3) is 0 Å². The van der Waals surface area contributed by atoms with Gasteiger partial charge in [-0.25, -0.2) is 9.78 Å². The molecule has 0 aliphatic carbocycles. The summed E-state index contributed by atoms with van der Waals surface area (Å²) in [6, 6.07) is 9.36. The van der Waals surface area contributed by atoms with E-state index in [1.165, 1.54) is 6.20 Å². The number of alkyl halides is 3. The highest BCUT2D eigenvalue weighted by Gasteiger charge is 2.38. The third-order valence-electron chi connectivity index (χ3n) is 4.37. The molecule has 0 radical (unpaired) electrons. The Labute approximate surface area is 181 Å². The van der Waals surface area contributed by atoms with Crippen molar-refractivity contribution in [1.82, 2.24) is 14.5 Å². The zero-order chi connectivity index (χ0) is 23.7. The van der Waals surface area contributed by atoms with Crippen LogP contribution < -0.4 is 4.74 Å². The monoisotopic (exact) mass is 454 g/mol. The van der Waals surface area contributed by atoms with Gasteiger partial charge in [-0.05, 0) is 18.2 Å². The van der Waals surface area contributed by atoms with Crippen molar-refractivity contribution in [3.63, 3.8) is 0 Å². The quantitative estimate of drug-likeness (QED) is 0.736. The number of halogens is 3. The summed E-state index contributed by atoms with van der Waals surface area (Å²) >= 11 is 0. The van der Waals surface area contributed by atoms with Crippen LogP contribution in [0.5, 0.6) is 5.88 Å². The van der Waals surface area contributed by atoms with E-state index in [9.17, 15) is 18.0 Å². The average Bonchev–Trinajstić information content (AvgIpc) is 3.10. The van der Waals surface area contributed by atoms with Gasteiger partial charge in [-0.1, -0.05) is 0 Å². The second-order valence-corrected chi connectivity index (χ2v) is 6.71. The zero-order valence-corrected chi connectivity index (χ0v) is 17.1. The molecule has 1 unspecified atom stereocenters. The van der Waals surface area contributed by atoms with Crippen LogP contribution in [0.15, 0.2) is 36.7 Å². The number of fused-ring (bicyclic) bond motifs is 1. The van der Waals surface area contributed by atoms with Crippen LogP contribution in [0.3, 0.4) is 0 Å². The Kier molecular flexibility index (Phi) is 8.60. The molecule has 0 saturated heterocycles. The molecule has 9 nitrogen and oxygen atoms in total. The topological polar surface area (TPSA) is 118 Å². The van der Waals surface area contributed by atoms with Gasteiger partial charge in [-0.3, -0.25) is 4.79 Å². The molecule has 0 spiro atoms. The summed E-state index contributed by atoms with van der Waals surface area (Å²) in [6.07, 6.45) is -1.49. The Hall–Kier alpha value is -3.59. The minimum absolute atomic E-state index is 0.0397. The normalized spacial score (nSPS) is 15.5. The summed E-state index contributed by atoms with van der Waals surface area (Å²) in [5, 5.41) is 16.0. The van der Waals surface area contributed by atoms with Crippen molar-refractivity contribution >= 4 is 11.9 Å². The van der Waals surface area contributed by atoms with Gasteiger partial charge in [-0.2, -0.15) is 18.4 Å². The summed E-state index contributed by atoms with van der Waals surface area (Å²) in [5.41, 5.74) is 1.56. The lowest BCUT2D eigenvalue weighted by molar-refractivity contribution is -0.192. The number of amides is 1. The number of methoxy groups -OCH3 is 1. The van der Waals surface area contributed by atoms with Crippen molar-refractivity contribution in [2.75, 3.05) is 20.3 Å². The van der Waals surface area contributed by atoms with Crippen LogP contribution in [0.25, 0.3) is 0 Å². The maximum absolute atomic E-state index is 12.5. The number of pyridine rings is 1. The van der Waals surface area contributed by atoms with Crippen molar-refractivity contribution in [1.29, 1.82) is 5.26 Å². The first-order valence-electron chi connectivity index (χ1n) is 9.37. The molecule has 0 bridgehead atoms. The van der Waals surface area contributed by atoms with Crippen molar-refractivity contribution in [3.8, 4) is 11.9 Å². The largest absolute Gasteiger partial charge is 0.490 e. The fraction of sp³-hybridized carbons (Fsp3) is 0.400. The van der Waals surface area contributed by atoms with Crippen molar-refractivity contribution < 1.29 is 37.3 Å². The van der Waals surface area contributed by atoms with Crippen LogP contribution in [0.2, 0.25) is 0 Å². The predicted octanol–water partition coefficient (Wildman–Crippen LogP) is 2.21. The van der Waals surface area contributed by atoms with Gasteiger partial charge in [0.2, 0.25) is 11.8 Å². The van der Waals surface area contributed by atoms with E-state index < -0.39 is 12.1 Å². The van der Waals surface area contributed by atoms with Crippen LogP contribution in [-0.4, -0.2) is 64.0 Å². The molecule has 32 heavy (non-hydrogen) atoms. The Bertz CT molecular complexity index is 953. The summed E-state index contributed by atoms with van der Waals surface area (Å²) in [5.74, 6) is -2.27. The van der Waals surface area contributed by atoms with Crippen LogP contribution in [0.1, 0.15) is 17.7 Å². The van der Waals surface area contributed by atoms with Gasteiger partial charge in [0.1, 0.15) is 12.2 Å². The molecule has 1 amide bonds. The number of carbonyl (C=O) groups excluding carboxylic acids is 1. The molecule has 3 heterocycles. The van der Waals surface area contributed by atoms with Gasteiger partial charge < -0.3 is 24.0 Å². The molecule has 1 atom stereocenters. The number of hydrogen-bond donors (Lipinski definition) is 1. The highest BCUT2D eigenvalue weighted by molar-refractivity contribution is 5.76. The van der Waals surface area contributed by atoms with Crippen LogP contribution in [-0.2, 0) is 27.4 Å². The number of rotatable bonds is 5. The fourth-order valence-electron chi connectivity index (χ4n) is 2.85. The first kappa shape index (κ1) is 24.7. The number of ether oxygens (including phenoxy) is 2. The highest BCUT2D eigenvalue weighted by atomic mass is 19.4. The fourth-order valence-corrected chi connectivity index (χ4v) is 2.85. The summed E-state index contributed by atoms with van der Waals surface area (Å²) in [7, 11) is 1.59. The number of aromatic nitrogens is 2. The first-order valence-corrected chi connectivity index (χ1v) is 9.37. The lowest BCUT2D eigenvalue weighted by atomic mass is 10.3. The average molecular weight is 454 g/mol. The molecule has 3 rings (SSSR count). The van der Waals surface area contributed by atoms with Crippen molar-refractivity contribution in [2.45, 2.75) is 31.8 Å². The Balaban J connectivity index is 0.000000451. The lowest BCUT2D eigenvalue weighted by Crippen LogP contribution is -2.39. The van der Waals surface area contributed by atoms with Crippen molar-refractivity contribution in [3.05, 3.63) is 47.9 Å². The van der Waals surface area contributed by atoms with Gasteiger partial charge in [0.15, 0.2) is 0 Å². The van der Waals surface area contributed by atoms with E-state index in [0.717, 1.165) is 5.69 Å². The second-order valence-electron chi connectivity index (χ2n) is 6.71. The number of nitriles is 1. The smallest absolute Gasteiger partial charge is 0.475 e. The minimum Gasteiger partial charge on any atom is -0.475 e. The number of nitrogens with zero attached hydrogens (tertiary/aromatic N) is 4. The van der Waals surface area contributed by atoms with Crippen LogP contribution in [0.4, 0.5) is 13.2 Å². The van der Waals surface area contributed by atoms with E-state index in [-0.39, 0.29) is 12.0 Å². The van der Waals surface area contributed by atoms with E-state index in [4.69, 9.17) is 24.6 Å². The van der Waals surface area contributed by atoms with Gasteiger partial charge in [0, 0.05) is 31.3 Å². The zero-order valence-electron chi connectivity index (χ0n) is 17.1. The van der Waals surface area contributed by atoms with Crippen molar-refractivity contribution in [2.24, 2.45) is 0 Å². The van der Waals surface area contributed by atoms with E-state index in [1.54, 1.807) is 24.1 Å². The number of aliphatic carboxylic acids is 1. The molecule has 0 saturated carbocycles. The molecule has 0 fully saturated rings. The number of hydrogen-bond acceptors (Lipinski definition) is 6. The number of carboxylic acid groups (broad SMARTS) is 1. The molecule has 172 valence electrons. The number of carboxylic acids is 1. The molecule has 1 N–H and O–H groups in total. The molecule has 0 aromatic carbocycles. The number of carbonyl (C=O) groups is 2. The third kappa shape index (κ3) is 7.28. The molecule has 12 heteroatoms. The Morgan fingerprint density at radius 1 is 1.31 bits per heavy atom. The summed E-state index contributed by atoms with van der Waals surface area (Å²) in [4.78, 5) is 27.3. The minimum atomic E-state index is -5.08. The van der Waals surface area contributed by atoms with Gasteiger partial charge in [0.05, 0.1) is 38.2 Å². The SMILES string of the molecule is COCCC(=O)N1Cc2cccn2CC(Oc2ccc(C#N)cn2)C1.O=C(O)C(F)(F)F. The Morgan fingerprint density at radius 3 is 2.59 bits per heavy atom. The standard InChI is InChI=1S/C18H20N4O3.C2HF3O2/c1-24-8-6-18(23)22-11-15-3-2-7-21(15)12-16(13-22)25-17-5-4-14(9-19)10-20-17;3-2(4,5)1(6)7/h2-5,7,10,16H,6,8,11-13H2,1H3;(H,6,7). The van der Waals surface area contributed by atoms with E-state index in [1.807, 2.05) is 24.4 Å². The highest BCUT2D eigenvalue weighted by Crippen LogP contribution is 2.18. The van der Waals surface area contributed by atoms with Crippen LogP contribution >= 0.6 is 0 Å². The van der Waals surface area contributed by atoms with Gasteiger partial charge in [-0.15, -0.1) is 0 Å². The van der Waals surface area contributed by atoms with Gasteiger partial charge >= 0.3 is 12.1 Å². The Morgan fingerprint density at radius 2 is 2.03 bits per heavy atom. The van der Waals surface area contributed by atoms with E-state index in [2.05, 4.69) is 9.55 Å². The second kappa shape index (κ2) is 11.1. The molecule has 2 aromatic heterocycles. The lowest BCUT2D eigenvalue weighted by Gasteiger charge is -2.24. The molecule has 2 aromatic rings. The third-order valence-corrected chi connectivity index (χ3v) is 4.37.